The molecular weight excluding hydrogens is 227 g/mol. The van der Waals surface area contributed by atoms with Crippen LogP contribution >= 0.6 is 0 Å². The molecule has 0 unspecified atom stereocenters. The third kappa shape index (κ3) is 2.21. The fourth-order valence-electron chi connectivity index (χ4n) is 2.20. The largest absolute Gasteiger partial charge is 0.497 e. The molecular formula is C14H15BO3. The molecule has 18 heavy (non-hydrogen) atoms. The molecule has 1 aliphatic rings. The van der Waals surface area contributed by atoms with Gasteiger partial charge in [0.05, 0.1) is 7.11 Å². The average molecular weight is 242 g/mol. The molecule has 0 bridgehead atoms. The number of methoxy groups -OCH3 is 1. The quantitative estimate of drug-likeness (QED) is 0.753. The van der Waals surface area contributed by atoms with E-state index in [9.17, 15) is 0 Å². The van der Waals surface area contributed by atoms with Gasteiger partial charge in [-0.05, 0) is 34.8 Å². The molecule has 0 spiro atoms. The topological polar surface area (TPSA) is 27.7 Å². The highest BCUT2D eigenvalue weighted by molar-refractivity contribution is 6.61. The molecule has 0 atom stereocenters. The van der Waals surface area contributed by atoms with Crippen molar-refractivity contribution >= 4 is 23.4 Å². The Morgan fingerprint density at radius 3 is 2.50 bits per heavy atom. The normalized spacial score (nSPS) is 15.9. The van der Waals surface area contributed by atoms with Crippen LogP contribution in [0.3, 0.4) is 0 Å². The Kier molecular flexibility index (Phi) is 3.21. The summed E-state index contributed by atoms with van der Waals surface area (Å²) in [6, 6.07) is 12.3. The van der Waals surface area contributed by atoms with Crippen molar-refractivity contribution in [3.8, 4) is 5.75 Å². The highest BCUT2D eigenvalue weighted by Crippen LogP contribution is 2.20. The van der Waals surface area contributed by atoms with E-state index in [4.69, 9.17) is 14.0 Å². The van der Waals surface area contributed by atoms with Crippen molar-refractivity contribution in [3.05, 3.63) is 36.4 Å². The smallest absolute Gasteiger partial charge is 0.493 e. The molecule has 92 valence electrons. The summed E-state index contributed by atoms with van der Waals surface area (Å²) >= 11 is 0. The first-order chi connectivity index (χ1) is 8.86. The van der Waals surface area contributed by atoms with E-state index in [-0.39, 0.29) is 7.12 Å². The van der Waals surface area contributed by atoms with Crippen LogP contribution in [0, 0.1) is 0 Å². The predicted molar refractivity (Wildman–Crippen MR) is 72.4 cm³/mol. The molecule has 0 N–H and O–H groups in total. The molecule has 0 aliphatic carbocycles. The molecule has 1 heterocycles. The summed E-state index contributed by atoms with van der Waals surface area (Å²) in [5.74, 6) is 0.875. The van der Waals surface area contributed by atoms with Gasteiger partial charge in [0.15, 0.2) is 0 Å². The van der Waals surface area contributed by atoms with Gasteiger partial charge < -0.3 is 14.0 Å². The van der Waals surface area contributed by atoms with E-state index in [0.29, 0.717) is 0 Å². The average Bonchev–Trinajstić information content (AvgIpc) is 2.47. The van der Waals surface area contributed by atoms with E-state index in [1.54, 1.807) is 7.11 Å². The summed E-state index contributed by atoms with van der Waals surface area (Å²) in [5.41, 5.74) is 1.08. The lowest BCUT2D eigenvalue weighted by molar-refractivity contribution is 0.143. The van der Waals surface area contributed by atoms with Gasteiger partial charge in [-0.2, -0.15) is 0 Å². The molecule has 3 rings (SSSR count). The van der Waals surface area contributed by atoms with E-state index in [1.807, 2.05) is 12.1 Å². The van der Waals surface area contributed by atoms with Crippen molar-refractivity contribution in [2.45, 2.75) is 6.42 Å². The van der Waals surface area contributed by atoms with Gasteiger partial charge in [0, 0.05) is 13.2 Å². The van der Waals surface area contributed by atoms with Crippen LogP contribution in [0.2, 0.25) is 0 Å². The van der Waals surface area contributed by atoms with E-state index in [2.05, 4.69) is 24.3 Å². The number of fused-ring (bicyclic) bond motifs is 1. The molecule has 1 aliphatic heterocycles. The molecule has 3 nitrogen and oxygen atoms in total. The van der Waals surface area contributed by atoms with E-state index in [1.165, 1.54) is 5.39 Å². The number of rotatable bonds is 2. The van der Waals surface area contributed by atoms with Gasteiger partial charge in [0.25, 0.3) is 0 Å². The summed E-state index contributed by atoms with van der Waals surface area (Å²) in [6.45, 7) is 1.54. The molecule has 4 heteroatoms. The maximum Gasteiger partial charge on any atom is 0.493 e. The maximum atomic E-state index is 5.61. The van der Waals surface area contributed by atoms with Crippen molar-refractivity contribution in [1.29, 1.82) is 0 Å². The third-order valence-corrected chi connectivity index (χ3v) is 3.17. The molecule has 2 aromatic carbocycles. The number of benzene rings is 2. The fourth-order valence-corrected chi connectivity index (χ4v) is 2.20. The van der Waals surface area contributed by atoms with Crippen molar-refractivity contribution in [1.82, 2.24) is 0 Å². The maximum absolute atomic E-state index is 5.61. The zero-order valence-electron chi connectivity index (χ0n) is 10.4. The zero-order chi connectivity index (χ0) is 12.4. The first-order valence-electron chi connectivity index (χ1n) is 6.18. The molecule has 0 aromatic heterocycles. The minimum atomic E-state index is -0.217. The molecule has 0 saturated carbocycles. The van der Waals surface area contributed by atoms with Crippen LogP contribution in [-0.4, -0.2) is 27.4 Å². The summed E-state index contributed by atoms with van der Waals surface area (Å²) in [4.78, 5) is 0. The summed E-state index contributed by atoms with van der Waals surface area (Å²) in [6.07, 6.45) is 0.973. The second kappa shape index (κ2) is 5.00. The minimum Gasteiger partial charge on any atom is -0.497 e. The Morgan fingerprint density at radius 1 is 1.00 bits per heavy atom. The Labute approximate surface area is 107 Å². The fraction of sp³-hybridized carbons (Fsp3) is 0.286. The Bertz CT molecular complexity index is 550. The van der Waals surface area contributed by atoms with Gasteiger partial charge in [-0.15, -0.1) is 0 Å². The minimum absolute atomic E-state index is 0.217. The highest BCUT2D eigenvalue weighted by atomic mass is 16.6. The third-order valence-electron chi connectivity index (χ3n) is 3.17. The van der Waals surface area contributed by atoms with Crippen LogP contribution in [0.25, 0.3) is 10.8 Å². The first kappa shape index (κ1) is 11.6. The summed E-state index contributed by atoms with van der Waals surface area (Å²) in [5, 5.41) is 2.33. The van der Waals surface area contributed by atoms with Gasteiger partial charge in [-0.25, -0.2) is 0 Å². The van der Waals surface area contributed by atoms with Crippen LogP contribution in [-0.2, 0) is 9.31 Å². The second-order valence-electron chi connectivity index (χ2n) is 4.40. The van der Waals surface area contributed by atoms with Crippen molar-refractivity contribution in [3.63, 3.8) is 0 Å². The lowest BCUT2D eigenvalue weighted by atomic mass is 9.77. The van der Waals surface area contributed by atoms with Gasteiger partial charge in [-0.1, -0.05) is 24.3 Å². The van der Waals surface area contributed by atoms with Crippen LogP contribution in [0.15, 0.2) is 36.4 Å². The lowest BCUT2D eigenvalue weighted by Gasteiger charge is -2.20. The molecule has 0 amide bonds. The number of hydrogen-bond acceptors (Lipinski definition) is 3. The Balaban J connectivity index is 1.95. The van der Waals surface area contributed by atoms with Crippen LogP contribution in [0.1, 0.15) is 6.42 Å². The lowest BCUT2D eigenvalue weighted by Crippen LogP contribution is -2.40. The van der Waals surface area contributed by atoms with E-state index in [0.717, 1.165) is 36.2 Å². The Hall–Kier alpha value is -1.52. The van der Waals surface area contributed by atoms with E-state index >= 15 is 0 Å². The Morgan fingerprint density at radius 2 is 1.72 bits per heavy atom. The predicted octanol–water partition coefficient (Wildman–Crippen LogP) is 1.98. The molecule has 2 aromatic rings. The van der Waals surface area contributed by atoms with Crippen molar-refractivity contribution in [2.24, 2.45) is 0 Å². The van der Waals surface area contributed by atoms with Crippen molar-refractivity contribution < 1.29 is 14.0 Å². The summed E-state index contributed by atoms with van der Waals surface area (Å²) < 4.78 is 16.4. The summed E-state index contributed by atoms with van der Waals surface area (Å²) in [7, 11) is 1.46. The van der Waals surface area contributed by atoms with E-state index < -0.39 is 0 Å². The SMILES string of the molecule is COc1ccc2cc(B3OCCCO3)ccc2c1. The second-order valence-corrected chi connectivity index (χ2v) is 4.40. The zero-order valence-corrected chi connectivity index (χ0v) is 10.4. The van der Waals surface area contributed by atoms with Gasteiger partial charge in [0.2, 0.25) is 0 Å². The van der Waals surface area contributed by atoms with Gasteiger partial charge in [0.1, 0.15) is 5.75 Å². The molecule has 1 fully saturated rings. The van der Waals surface area contributed by atoms with Crippen LogP contribution in [0.4, 0.5) is 0 Å². The monoisotopic (exact) mass is 242 g/mol. The van der Waals surface area contributed by atoms with Crippen LogP contribution in [0.5, 0.6) is 5.75 Å². The van der Waals surface area contributed by atoms with Gasteiger partial charge in [-0.3, -0.25) is 0 Å². The molecule has 0 radical (unpaired) electrons. The standard InChI is InChI=1S/C14H15BO3/c1-16-14-6-4-11-9-13(5-3-12(11)10-14)15-17-7-2-8-18-15/h3-6,9-10H,2,7-8H2,1H3. The molecule has 1 saturated heterocycles. The van der Waals surface area contributed by atoms with Crippen molar-refractivity contribution in [2.75, 3.05) is 20.3 Å². The first-order valence-corrected chi connectivity index (χ1v) is 6.18. The van der Waals surface area contributed by atoms with Gasteiger partial charge >= 0.3 is 7.12 Å². The number of ether oxygens (including phenoxy) is 1. The van der Waals surface area contributed by atoms with Crippen LogP contribution < -0.4 is 10.2 Å². The highest BCUT2D eigenvalue weighted by Gasteiger charge is 2.24. The number of hydrogen-bond donors (Lipinski definition) is 0.